The number of nitrogens with zero attached hydrogens (tertiary/aromatic N) is 6. The normalized spacial score (nSPS) is 18.2. The molecule has 2 aliphatic rings. The molecule has 4 aromatic heterocycles. The number of imidazole rings is 1. The molecule has 0 aromatic carbocycles. The molecular weight excluding hydrogens is 683 g/mol. The molecular formula is C29H30N9O7S3+. The molecule has 0 radical (unpaired) electrons. The first-order valence-electron chi connectivity index (χ1n) is 14.4. The molecule has 6 heterocycles. The smallest absolute Gasteiger partial charge is 0.352 e. The lowest BCUT2D eigenvalue weighted by molar-refractivity contribution is -0.661. The number of Topliss-reactive ketones (excluding diaryl/α,β-unsaturated/α-hetero) is 1. The Morgan fingerprint density at radius 1 is 1.23 bits per heavy atom. The highest BCUT2D eigenvalue weighted by Crippen LogP contribution is 2.45. The zero-order chi connectivity index (χ0) is 34.5. The Kier molecular flexibility index (Phi) is 8.60. The van der Waals surface area contributed by atoms with Gasteiger partial charge in [0.15, 0.2) is 22.8 Å². The van der Waals surface area contributed by atoms with Crippen molar-refractivity contribution >= 4 is 80.4 Å². The van der Waals surface area contributed by atoms with Gasteiger partial charge >= 0.3 is 17.6 Å². The van der Waals surface area contributed by atoms with Crippen LogP contribution in [0.2, 0.25) is 0 Å². The van der Waals surface area contributed by atoms with Crippen molar-refractivity contribution in [3.05, 3.63) is 68.9 Å². The van der Waals surface area contributed by atoms with E-state index in [-0.39, 0.29) is 41.0 Å². The highest BCUT2D eigenvalue weighted by Gasteiger charge is 2.54. The van der Waals surface area contributed by atoms with Gasteiger partial charge in [-0.25, -0.2) is 23.8 Å². The quantitative estimate of drug-likeness (QED) is 0.0439. The molecule has 7 N–H and O–H groups in total. The third kappa shape index (κ3) is 6.06. The third-order valence-electron chi connectivity index (χ3n) is 7.91. The minimum Gasteiger partial charge on any atom is -0.478 e. The molecule has 48 heavy (non-hydrogen) atoms. The van der Waals surface area contributed by atoms with E-state index in [1.807, 2.05) is 49.9 Å². The molecule has 0 saturated carbocycles. The van der Waals surface area contributed by atoms with Crippen LogP contribution >= 0.6 is 34.4 Å². The summed E-state index contributed by atoms with van der Waals surface area (Å²) in [7, 11) is 0. The Balaban J connectivity index is 1.20. The number of aromatic nitrogens is 4. The van der Waals surface area contributed by atoms with Gasteiger partial charge in [0.2, 0.25) is 11.5 Å². The summed E-state index contributed by atoms with van der Waals surface area (Å²) in [5.41, 5.74) is 11.3. The van der Waals surface area contributed by atoms with Gasteiger partial charge in [-0.3, -0.25) is 19.9 Å². The van der Waals surface area contributed by atoms with Crippen LogP contribution in [0.15, 0.2) is 57.9 Å². The van der Waals surface area contributed by atoms with Gasteiger partial charge in [0, 0.05) is 33.4 Å². The van der Waals surface area contributed by atoms with E-state index < -0.39 is 40.5 Å². The first-order chi connectivity index (χ1) is 22.7. The fourth-order valence-corrected chi connectivity index (χ4v) is 8.18. The summed E-state index contributed by atoms with van der Waals surface area (Å²) < 4.78 is 5.77. The van der Waals surface area contributed by atoms with Crippen LogP contribution in [0.4, 0.5) is 5.13 Å². The number of thioether (sulfide) groups is 1. The number of carboxylic acids is 2. The number of carbonyl (C=O) groups excluding carboxylic acids is 2. The average molecular weight is 713 g/mol. The van der Waals surface area contributed by atoms with Crippen molar-refractivity contribution in [3.8, 4) is 0 Å². The van der Waals surface area contributed by atoms with E-state index in [2.05, 4.69) is 10.1 Å². The van der Waals surface area contributed by atoms with Crippen molar-refractivity contribution in [1.29, 1.82) is 5.41 Å². The van der Waals surface area contributed by atoms with Crippen LogP contribution in [-0.2, 0) is 37.1 Å². The molecule has 1 amide bonds. The molecule has 0 unspecified atom stereocenters. The Bertz CT molecular complexity index is 2050. The summed E-state index contributed by atoms with van der Waals surface area (Å²) in [4.78, 5) is 62.4. The SMILES string of the molecule is CC(C)(O/N=C(\C(=O)C[C@@H]1C(=O)N2C(C(=O)O)=C(Cn3ccc4n3cc[n+]4Cc3cc(C(=N)N)cs3)CS[C@H]12)c1csc(N)n1)C(=O)O. The number of rotatable bonds is 13. The fourth-order valence-electron chi connectivity index (χ4n) is 5.34. The van der Waals surface area contributed by atoms with Crippen LogP contribution in [0.25, 0.3) is 5.65 Å². The van der Waals surface area contributed by atoms with E-state index in [9.17, 15) is 29.4 Å². The van der Waals surface area contributed by atoms with Crippen LogP contribution in [0.1, 0.15) is 36.4 Å². The van der Waals surface area contributed by atoms with Gasteiger partial charge in [0.1, 0.15) is 30.0 Å². The highest BCUT2D eigenvalue weighted by molar-refractivity contribution is 8.00. The second kappa shape index (κ2) is 12.5. The number of thiazole rings is 1. The Morgan fingerprint density at radius 2 is 2.00 bits per heavy atom. The van der Waals surface area contributed by atoms with Crippen molar-refractivity contribution in [2.75, 3.05) is 11.5 Å². The minimum atomic E-state index is -1.75. The molecule has 1 saturated heterocycles. The van der Waals surface area contributed by atoms with E-state index in [1.54, 1.807) is 0 Å². The zero-order valence-electron chi connectivity index (χ0n) is 25.5. The predicted octanol–water partition coefficient (Wildman–Crippen LogP) is 1.57. The number of fused-ring (bicyclic) bond motifs is 2. The maximum Gasteiger partial charge on any atom is 0.352 e. The number of ketones is 1. The maximum atomic E-state index is 13.5. The number of amides is 1. The van der Waals surface area contributed by atoms with E-state index in [0.29, 0.717) is 23.4 Å². The number of β-lactam (4-membered cyclic amide) rings is 1. The average Bonchev–Trinajstić information content (AvgIpc) is 3.83. The fraction of sp³-hybridized carbons (Fsp3) is 0.310. The van der Waals surface area contributed by atoms with Crippen LogP contribution in [0, 0.1) is 11.3 Å². The second-order valence-electron chi connectivity index (χ2n) is 11.6. The third-order valence-corrected chi connectivity index (χ3v) is 10.9. The van der Waals surface area contributed by atoms with Gasteiger partial charge in [-0.2, -0.15) is 0 Å². The van der Waals surface area contributed by atoms with E-state index in [4.69, 9.17) is 21.7 Å². The van der Waals surface area contributed by atoms with Gasteiger partial charge in [-0.05, 0) is 25.5 Å². The lowest BCUT2D eigenvalue weighted by atomic mass is 9.89. The van der Waals surface area contributed by atoms with Crippen molar-refractivity contribution in [2.24, 2.45) is 16.8 Å². The lowest BCUT2D eigenvalue weighted by Gasteiger charge is -2.49. The van der Waals surface area contributed by atoms with Gasteiger partial charge in [0.05, 0.1) is 30.1 Å². The molecule has 4 aromatic rings. The molecule has 0 bridgehead atoms. The molecule has 19 heteroatoms. The number of aliphatic carboxylic acids is 2. The van der Waals surface area contributed by atoms with E-state index >= 15 is 0 Å². The van der Waals surface area contributed by atoms with Crippen LogP contribution in [0.3, 0.4) is 0 Å². The summed E-state index contributed by atoms with van der Waals surface area (Å²) in [5, 5.41) is 33.9. The Labute approximate surface area is 284 Å². The summed E-state index contributed by atoms with van der Waals surface area (Å²) in [6, 6.07) is 3.79. The Hall–Kier alpha value is -5.01. The summed E-state index contributed by atoms with van der Waals surface area (Å²) in [6.45, 7) is 3.31. The lowest BCUT2D eigenvalue weighted by Crippen LogP contribution is -2.62. The maximum absolute atomic E-state index is 13.5. The predicted molar refractivity (Wildman–Crippen MR) is 177 cm³/mol. The number of anilines is 1. The van der Waals surface area contributed by atoms with E-state index in [0.717, 1.165) is 21.9 Å². The molecule has 0 aliphatic carbocycles. The van der Waals surface area contributed by atoms with Crippen molar-refractivity contribution in [2.45, 2.75) is 44.3 Å². The van der Waals surface area contributed by atoms with Gasteiger partial charge in [-0.1, -0.05) is 5.16 Å². The second-order valence-corrected chi connectivity index (χ2v) is 14.6. The van der Waals surface area contributed by atoms with Gasteiger partial charge in [-0.15, -0.1) is 39.0 Å². The van der Waals surface area contributed by atoms with Crippen molar-refractivity contribution in [3.63, 3.8) is 0 Å². The molecule has 6 rings (SSSR count). The summed E-state index contributed by atoms with van der Waals surface area (Å²) in [6.07, 6.45) is 5.29. The number of nitrogens with one attached hydrogen (secondary N) is 1. The number of carboxylic acid groups (broad SMARTS) is 2. The largest absolute Gasteiger partial charge is 0.478 e. The number of oxime groups is 1. The number of amidine groups is 1. The summed E-state index contributed by atoms with van der Waals surface area (Å²) >= 11 is 3.92. The van der Waals surface area contributed by atoms with E-state index in [1.165, 1.54) is 47.2 Å². The standard InChI is InChI=1S/C29H29N9O7S3/c1-29(2,27(43)44)45-34-21(18-13-48-28(32)33-18)19(39)8-17-24(40)38-22(26(41)42)15(12-47-25(17)38)9-36-4-3-20-35(5-6-37(20)36)10-16-7-14(11-46-16)23(30)31/h3-7,11,13,17,25H,8-10,12H2,1-2H3,(H6-,30,31,32,33,41,42,43,44)/p+1/b34-21-/t17-,25-/m1/s1. The Morgan fingerprint density at radius 3 is 2.65 bits per heavy atom. The molecule has 250 valence electrons. The number of nitrogens with two attached hydrogens (primary N) is 2. The topological polar surface area (TPSA) is 236 Å². The monoisotopic (exact) mass is 712 g/mol. The summed E-state index contributed by atoms with van der Waals surface area (Å²) in [5.74, 6) is -4.21. The van der Waals surface area contributed by atoms with Gasteiger partial charge < -0.3 is 26.5 Å². The number of thiophene rings is 1. The first kappa shape index (κ1) is 32.9. The van der Waals surface area contributed by atoms with Gasteiger partial charge in [0.25, 0.3) is 0 Å². The van der Waals surface area contributed by atoms with Crippen LogP contribution < -0.4 is 16.0 Å². The van der Waals surface area contributed by atoms with Crippen molar-refractivity contribution < 1.29 is 38.8 Å². The first-order valence-corrected chi connectivity index (χ1v) is 17.2. The minimum absolute atomic E-state index is 0.0101. The number of carbonyl (C=O) groups is 4. The molecule has 1 fully saturated rings. The van der Waals surface area contributed by atoms with Crippen LogP contribution in [-0.4, -0.2) is 81.2 Å². The number of hydrogen-bond donors (Lipinski definition) is 5. The van der Waals surface area contributed by atoms with Crippen molar-refractivity contribution in [1.82, 2.24) is 19.1 Å². The van der Waals surface area contributed by atoms with Crippen LogP contribution in [0.5, 0.6) is 0 Å². The highest BCUT2D eigenvalue weighted by atomic mass is 32.2. The number of nitrogen functional groups attached to an aromatic ring is 2. The molecule has 16 nitrogen and oxygen atoms in total. The molecule has 2 aliphatic heterocycles. The zero-order valence-corrected chi connectivity index (χ0v) is 28.0. The number of hydrogen-bond acceptors (Lipinski definition) is 12. The molecule has 2 atom stereocenters. The molecule has 0 spiro atoms.